The summed E-state index contributed by atoms with van der Waals surface area (Å²) in [4.78, 5) is 29.5. The molecule has 1 heterocycles. The summed E-state index contributed by atoms with van der Waals surface area (Å²) in [5, 5.41) is 0.724. The van der Waals surface area contributed by atoms with Crippen LogP contribution in [0.5, 0.6) is 11.5 Å². The fourth-order valence-corrected chi connectivity index (χ4v) is 4.34. The lowest BCUT2D eigenvalue weighted by Gasteiger charge is -2.35. The van der Waals surface area contributed by atoms with Crippen molar-refractivity contribution in [2.45, 2.75) is 12.3 Å². The molecule has 1 saturated heterocycles. The van der Waals surface area contributed by atoms with Crippen molar-refractivity contribution in [3.05, 3.63) is 58.6 Å². The molecule has 158 valence electrons. The van der Waals surface area contributed by atoms with Gasteiger partial charge in [-0.25, -0.2) is 0 Å². The molecule has 0 N–H and O–H groups in total. The van der Waals surface area contributed by atoms with E-state index in [-0.39, 0.29) is 23.7 Å². The molecule has 1 saturated carbocycles. The predicted molar refractivity (Wildman–Crippen MR) is 114 cm³/mol. The van der Waals surface area contributed by atoms with Gasteiger partial charge in [0.1, 0.15) is 11.5 Å². The maximum atomic E-state index is 12.9. The van der Waals surface area contributed by atoms with Crippen molar-refractivity contribution in [3.8, 4) is 11.5 Å². The third-order valence-electron chi connectivity index (χ3n) is 5.89. The number of carbonyl (C=O) groups is 2. The predicted octanol–water partition coefficient (Wildman–Crippen LogP) is 3.45. The van der Waals surface area contributed by atoms with Crippen molar-refractivity contribution < 1.29 is 19.1 Å². The van der Waals surface area contributed by atoms with Gasteiger partial charge in [0, 0.05) is 48.7 Å². The molecule has 2 fully saturated rings. The van der Waals surface area contributed by atoms with Crippen LogP contribution in [0, 0.1) is 5.92 Å². The smallest absolute Gasteiger partial charge is 0.254 e. The third kappa shape index (κ3) is 4.10. The van der Waals surface area contributed by atoms with Crippen LogP contribution in [0.3, 0.4) is 0 Å². The number of amides is 2. The van der Waals surface area contributed by atoms with Crippen LogP contribution in [0.4, 0.5) is 0 Å². The molecule has 30 heavy (non-hydrogen) atoms. The summed E-state index contributed by atoms with van der Waals surface area (Å²) in [5.41, 5.74) is 1.57. The molecular weight excluding hydrogens is 404 g/mol. The van der Waals surface area contributed by atoms with Crippen LogP contribution < -0.4 is 9.47 Å². The first-order valence-corrected chi connectivity index (χ1v) is 10.4. The largest absolute Gasteiger partial charge is 0.497 e. The maximum Gasteiger partial charge on any atom is 0.254 e. The van der Waals surface area contributed by atoms with E-state index < -0.39 is 0 Å². The van der Waals surface area contributed by atoms with E-state index in [2.05, 4.69) is 0 Å². The SMILES string of the molecule is COc1cc(OC)cc(C(=O)N2CCN(C(=O)C3CC3c3ccccc3Cl)CC2)c1. The Morgan fingerprint density at radius 1 is 0.933 bits per heavy atom. The summed E-state index contributed by atoms with van der Waals surface area (Å²) >= 11 is 6.28. The number of hydrogen-bond donors (Lipinski definition) is 0. The number of ether oxygens (including phenoxy) is 2. The first-order chi connectivity index (χ1) is 14.5. The van der Waals surface area contributed by atoms with Gasteiger partial charge in [-0.3, -0.25) is 9.59 Å². The Balaban J connectivity index is 1.36. The Hall–Kier alpha value is -2.73. The van der Waals surface area contributed by atoms with Crippen LogP contribution >= 0.6 is 11.6 Å². The Morgan fingerprint density at radius 3 is 2.13 bits per heavy atom. The molecule has 1 aliphatic heterocycles. The summed E-state index contributed by atoms with van der Waals surface area (Å²) in [6.45, 7) is 2.09. The first kappa shape index (κ1) is 20.5. The molecule has 6 nitrogen and oxygen atoms in total. The minimum absolute atomic E-state index is 0.00482. The lowest BCUT2D eigenvalue weighted by molar-refractivity contribution is -0.134. The average molecular weight is 429 g/mol. The van der Waals surface area contributed by atoms with Crippen LogP contribution in [-0.2, 0) is 4.79 Å². The van der Waals surface area contributed by atoms with Crippen molar-refractivity contribution in [1.82, 2.24) is 9.80 Å². The molecule has 1 aliphatic carbocycles. The van der Waals surface area contributed by atoms with Crippen molar-refractivity contribution in [3.63, 3.8) is 0 Å². The van der Waals surface area contributed by atoms with Crippen LogP contribution in [0.1, 0.15) is 28.3 Å². The average Bonchev–Trinajstić information content (AvgIpc) is 3.58. The van der Waals surface area contributed by atoms with E-state index in [0.717, 1.165) is 17.0 Å². The van der Waals surface area contributed by atoms with Gasteiger partial charge < -0.3 is 19.3 Å². The van der Waals surface area contributed by atoms with Gasteiger partial charge in [-0.15, -0.1) is 0 Å². The van der Waals surface area contributed by atoms with Gasteiger partial charge in [0.2, 0.25) is 5.91 Å². The molecule has 0 spiro atoms. The van der Waals surface area contributed by atoms with Crippen molar-refractivity contribution in [1.29, 1.82) is 0 Å². The van der Waals surface area contributed by atoms with Gasteiger partial charge in [-0.05, 0) is 36.1 Å². The molecule has 2 aromatic rings. The third-order valence-corrected chi connectivity index (χ3v) is 6.23. The normalized spacial score (nSPS) is 20.6. The van der Waals surface area contributed by atoms with E-state index in [0.29, 0.717) is 43.2 Å². The maximum absolute atomic E-state index is 12.9. The van der Waals surface area contributed by atoms with Gasteiger partial charge >= 0.3 is 0 Å². The van der Waals surface area contributed by atoms with E-state index in [1.54, 1.807) is 37.3 Å². The molecule has 2 unspecified atom stereocenters. The molecule has 2 aromatic carbocycles. The van der Waals surface area contributed by atoms with E-state index >= 15 is 0 Å². The Kier molecular flexibility index (Phi) is 5.86. The van der Waals surface area contributed by atoms with Crippen molar-refractivity contribution in [2.75, 3.05) is 40.4 Å². The lowest BCUT2D eigenvalue weighted by atomic mass is 10.1. The van der Waals surface area contributed by atoms with Gasteiger partial charge in [-0.2, -0.15) is 0 Å². The second kappa shape index (κ2) is 8.56. The quantitative estimate of drug-likeness (QED) is 0.732. The Morgan fingerprint density at radius 2 is 1.53 bits per heavy atom. The zero-order valence-electron chi connectivity index (χ0n) is 17.1. The number of methoxy groups -OCH3 is 2. The van der Waals surface area contributed by atoms with Crippen LogP contribution in [0.25, 0.3) is 0 Å². The number of piperazine rings is 1. The lowest BCUT2D eigenvalue weighted by Crippen LogP contribution is -2.51. The summed E-state index contributed by atoms with van der Waals surface area (Å²) in [5.74, 6) is 1.43. The highest BCUT2D eigenvalue weighted by molar-refractivity contribution is 6.31. The Labute approximate surface area is 181 Å². The van der Waals surface area contributed by atoms with Gasteiger partial charge in [0.05, 0.1) is 14.2 Å². The highest BCUT2D eigenvalue weighted by atomic mass is 35.5. The summed E-state index contributed by atoms with van der Waals surface area (Å²) in [6, 6.07) is 12.9. The van der Waals surface area contributed by atoms with Crippen LogP contribution in [0.2, 0.25) is 5.02 Å². The Bertz CT molecular complexity index is 934. The number of carbonyl (C=O) groups excluding carboxylic acids is 2. The summed E-state index contributed by atoms with van der Waals surface area (Å²) < 4.78 is 10.5. The standard InChI is InChI=1S/C23H25ClN2O4/c1-29-16-11-15(12-17(13-16)30-2)22(27)25-7-9-26(10-8-25)23(28)20-14-19(20)18-5-3-4-6-21(18)24/h3-6,11-13,19-20H,7-10,14H2,1-2H3. The highest BCUT2D eigenvalue weighted by Gasteiger charge is 2.46. The van der Waals surface area contributed by atoms with Crippen molar-refractivity contribution >= 4 is 23.4 Å². The second-order valence-corrected chi connectivity index (χ2v) is 8.10. The van der Waals surface area contributed by atoms with E-state index in [1.807, 2.05) is 29.2 Å². The zero-order chi connectivity index (χ0) is 21.3. The van der Waals surface area contributed by atoms with E-state index in [9.17, 15) is 9.59 Å². The number of rotatable bonds is 5. The minimum Gasteiger partial charge on any atom is -0.497 e. The minimum atomic E-state index is -0.0836. The second-order valence-electron chi connectivity index (χ2n) is 7.69. The fourth-order valence-electron chi connectivity index (χ4n) is 4.07. The first-order valence-electron chi connectivity index (χ1n) is 10.1. The van der Waals surface area contributed by atoms with Crippen molar-refractivity contribution in [2.24, 2.45) is 5.92 Å². The number of nitrogens with zero attached hydrogens (tertiary/aromatic N) is 2. The number of halogens is 1. The van der Waals surface area contributed by atoms with Gasteiger partial charge in [0.15, 0.2) is 0 Å². The van der Waals surface area contributed by atoms with Crippen LogP contribution in [-0.4, -0.2) is 62.0 Å². The number of benzene rings is 2. The molecule has 2 atom stereocenters. The molecule has 2 amide bonds. The molecule has 7 heteroatoms. The molecule has 0 aromatic heterocycles. The molecule has 0 bridgehead atoms. The summed E-state index contributed by atoms with van der Waals surface area (Å²) in [7, 11) is 3.11. The summed E-state index contributed by atoms with van der Waals surface area (Å²) in [6.07, 6.45) is 0.839. The van der Waals surface area contributed by atoms with Gasteiger partial charge in [0.25, 0.3) is 5.91 Å². The highest BCUT2D eigenvalue weighted by Crippen LogP contribution is 2.50. The van der Waals surface area contributed by atoms with Crippen LogP contribution in [0.15, 0.2) is 42.5 Å². The topological polar surface area (TPSA) is 59.1 Å². The molecule has 4 rings (SSSR count). The van der Waals surface area contributed by atoms with E-state index in [1.165, 1.54) is 0 Å². The van der Waals surface area contributed by atoms with Gasteiger partial charge in [-0.1, -0.05) is 29.8 Å². The zero-order valence-corrected chi connectivity index (χ0v) is 17.9. The fraction of sp³-hybridized carbons (Fsp3) is 0.391. The molecule has 2 aliphatic rings. The van der Waals surface area contributed by atoms with E-state index in [4.69, 9.17) is 21.1 Å². The number of hydrogen-bond acceptors (Lipinski definition) is 4. The monoisotopic (exact) mass is 428 g/mol. The molecular formula is C23H25ClN2O4. The molecule has 0 radical (unpaired) electrons.